The van der Waals surface area contributed by atoms with Crippen LogP contribution in [0.5, 0.6) is 17.2 Å². The number of rotatable bonds is 9. The number of esters is 1. The van der Waals surface area contributed by atoms with E-state index in [0.717, 1.165) is 22.6 Å². The van der Waals surface area contributed by atoms with Crippen LogP contribution >= 0.6 is 12.2 Å². The van der Waals surface area contributed by atoms with Gasteiger partial charge in [-0.15, -0.1) is 0 Å². The van der Waals surface area contributed by atoms with Gasteiger partial charge < -0.3 is 24.3 Å². The average molecular weight is 521 g/mol. The number of hydrazine groups is 1. The lowest BCUT2D eigenvalue weighted by molar-refractivity contribution is -0.145. The molecule has 1 aromatic heterocycles. The fourth-order valence-corrected chi connectivity index (χ4v) is 3.89. The number of anilines is 1. The summed E-state index contributed by atoms with van der Waals surface area (Å²) in [6.07, 6.45) is 5.41. The molecule has 0 saturated carbocycles. The number of nitrogens with zero attached hydrogens (tertiary/aromatic N) is 1. The molecule has 0 aliphatic carbocycles. The fourth-order valence-electron chi connectivity index (χ4n) is 3.72. The van der Waals surface area contributed by atoms with Crippen LogP contribution in [0.25, 0.3) is 5.70 Å². The Morgan fingerprint density at radius 1 is 1.14 bits per heavy atom. The molecule has 3 N–H and O–H groups in total. The van der Waals surface area contributed by atoms with Crippen LogP contribution in [0.4, 0.5) is 5.69 Å². The molecule has 37 heavy (non-hydrogen) atoms. The summed E-state index contributed by atoms with van der Waals surface area (Å²) in [5.41, 5.74) is 8.53. The summed E-state index contributed by atoms with van der Waals surface area (Å²) in [6.45, 7) is 3.80. The Kier molecular flexibility index (Phi) is 8.09. The Morgan fingerprint density at radius 3 is 2.62 bits per heavy atom. The molecule has 0 bridgehead atoms. The van der Waals surface area contributed by atoms with Gasteiger partial charge in [0.05, 0.1) is 19.4 Å². The van der Waals surface area contributed by atoms with Gasteiger partial charge in [0.2, 0.25) is 0 Å². The Hall–Kier alpha value is -4.31. The molecule has 0 spiro atoms. The molecule has 0 saturated heterocycles. The normalized spacial score (nSPS) is 15.8. The van der Waals surface area contributed by atoms with Crippen molar-refractivity contribution in [1.29, 1.82) is 0 Å². The highest BCUT2D eigenvalue weighted by Gasteiger charge is 2.33. The van der Waals surface area contributed by atoms with Crippen molar-refractivity contribution in [3.63, 3.8) is 0 Å². The van der Waals surface area contributed by atoms with Crippen molar-refractivity contribution in [3.05, 3.63) is 84.2 Å². The number of benzene rings is 2. The van der Waals surface area contributed by atoms with Gasteiger partial charge in [-0.3, -0.25) is 15.8 Å². The first kappa shape index (κ1) is 25.8. The lowest BCUT2D eigenvalue weighted by atomic mass is 9.91. The van der Waals surface area contributed by atoms with Crippen molar-refractivity contribution in [1.82, 2.24) is 15.8 Å². The SMILES string of the molecule is CCOC(=O)COc1ccc2c(c1)C(NNC(=S)Nc1ccc(OC)cc1)=CC(C)(c1cccnc1)O2. The number of thiocarbonyl (C=S) groups is 1. The third-order valence-electron chi connectivity index (χ3n) is 5.54. The van der Waals surface area contributed by atoms with E-state index in [-0.39, 0.29) is 6.61 Å². The number of aromatic nitrogens is 1. The van der Waals surface area contributed by atoms with Crippen molar-refractivity contribution in [2.24, 2.45) is 0 Å². The van der Waals surface area contributed by atoms with Gasteiger partial charge in [0.1, 0.15) is 17.2 Å². The van der Waals surface area contributed by atoms with Gasteiger partial charge in [-0.2, -0.15) is 0 Å². The van der Waals surface area contributed by atoms with E-state index < -0.39 is 11.6 Å². The number of ether oxygens (including phenoxy) is 4. The molecular formula is C27H28N4O5S. The minimum atomic E-state index is -0.802. The number of hydrogen-bond acceptors (Lipinski definition) is 8. The summed E-state index contributed by atoms with van der Waals surface area (Å²) in [5.74, 6) is 1.43. The molecule has 1 aliphatic rings. The van der Waals surface area contributed by atoms with Crippen molar-refractivity contribution >= 4 is 34.7 Å². The number of carbonyl (C=O) groups excluding carboxylic acids is 1. The van der Waals surface area contributed by atoms with Gasteiger partial charge in [0, 0.05) is 29.2 Å². The molecular weight excluding hydrogens is 492 g/mol. The predicted octanol–water partition coefficient (Wildman–Crippen LogP) is 4.17. The van der Waals surface area contributed by atoms with Crippen molar-refractivity contribution < 1.29 is 23.7 Å². The Bertz CT molecular complexity index is 1280. The van der Waals surface area contributed by atoms with Crippen LogP contribution in [0.2, 0.25) is 0 Å². The van der Waals surface area contributed by atoms with E-state index in [0.29, 0.717) is 28.9 Å². The molecule has 9 nitrogen and oxygen atoms in total. The van der Waals surface area contributed by atoms with Crippen LogP contribution < -0.4 is 30.4 Å². The Balaban J connectivity index is 1.55. The van der Waals surface area contributed by atoms with Gasteiger partial charge in [0.15, 0.2) is 17.3 Å². The van der Waals surface area contributed by atoms with Gasteiger partial charge in [-0.25, -0.2) is 4.79 Å². The molecule has 3 aromatic rings. The predicted molar refractivity (Wildman–Crippen MR) is 144 cm³/mol. The quantitative estimate of drug-likeness (QED) is 0.216. The lowest BCUT2D eigenvalue weighted by Crippen LogP contribution is -2.41. The first-order chi connectivity index (χ1) is 17.9. The molecule has 0 amide bonds. The summed E-state index contributed by atoms with van der Waals surface area (Å²) in [7, 11) is 1.62. The summed E-state index contributed by atoms with van der Waals surface area (Å²) in [4.78, 5) is 16.0. The van der Waals surface area contributed by atoms with Crippen LogP contribution in [0.3, 0.4) is 0 Å². The van der Waals surface area contributed by atoms with E-state index >= 15 is 0 Å². The highest BCUT2D eigenvalue weighted by Crippen LogP contribution is 2.41. The van der Waals surface area contributed by atoms with Crippen LogP contribution in [0.1, 0.15) is 25.0 Å². The van der Waals surface area contributed by atoms with E-state index in [1.807, 2.05) is 49.4 Å². The molecule has 1 aliphatic heterocycles. The van der Waals surface area contributed by atoms with Crippen molar-refractivity contribution in [2.75, 3.05) is 25.6 Å². The van der Waals surface area contributed by atoms with Crippen molar-refractivity contribution in [2.45, 2.75) is 19.4 Å². The zero-order valence-corrected chi connectivity index (χ0v) is 21.6. The molecule has 4 rings (SSSR count). The van der Waals surface area contributed by atoms with E-state index in [9.17, 15) is 4.79 Å². The Labute approximate surface area is 220 Å². The molecule has 0 fully saturated rings. The number of methoxy groups -OCH3 is 1. The smallest absolute Gasteiger partial charge is 0.344 e. The van der Waals surface area contributed by atoms with Gasteiger partial charge >= 0.3 is 5.97 Å². The van der Waals surface area contributed by atoms with Crippen LogP contribution in [-0.2, 0) is 15.1 Å². The highest BCUT2D eigenvalue weighted by atomic mass is 32.1. The number of hydrogen-bond donors (Lipinski definition) is 3. The lowest BCUT2D eigenvalue weighted by Gasteiger charge is -2.34. The van der Waals surface area contributed by atoms with E-state index in [2.05, 4.69) is 21.2 Å². The fraction of sp³-hybridized carbons (Fsp3) is 0.222. The number of carbonyl (C=O) groups is 1. The van der Waals surface area contributed by atoms with Gasteiger partial charge in [0.25, 0.3) is 0 Å². The maximum Gasteiger partial charge on any atom is 0.344 e. The summed E-state index contributed by atoms with van der Waals surface area (Å²) in [5, 5.41) is 3.48. The molecule has 2 aromatic carbocycles. The zero-order chi connectivity index (χ0) is 26.3. The molecule has 1 atom stereocenters. The van der Waals surface area contributed by atoms with Crippen LogP contribution in [0, 0.1) is 0 Å². The van der Waals surface area contributed by atoms with Crippen LogP contribution in [-0.4, -0.2) is 36.4 Å². The maximum atomic E-state index is 11.7. The molecule has 2 heterocycles. The number of pyridine rings is 1. The minimum Gasteiger partial charge on any atom is -0.497 e. The maximum absolute atomic E-state index is 11.7. The second kappa shape index (κ2) is 11.6. The summed E-state index contributed by atoms with van der Waals surface area (Å²) in [6, 6.07) is 16.6. The zero-order valence-electron chi connectivity index (χ0n) is 20.7. The monoisotopic (exact) mass is 520 g/mol. The molecule has 1 unspecified atom stereocenters. The first-order valence-electron chi connectivity index (χ1n) is 11.6. The number of fused-ring (bicyclic) bond motifs is 1. The van der Waals surface area contributed by atoms with E-state index in [4.69, 9.17) is 31.2 Å². The van der Waals surface area contributed by atoms with E-state index in [1.54, 1.807) is 44.6 Å². The summed E-state index contributed by atoms with van der Waals surface area (Å²) < 4.78 is 22.2. The minimum absolute atomic E-state index is 0.193. The first-order valence-corrected chi connectivity index (χ1v) is 12.0. The topological polar surface area (TPSA) is 103 Å². The molecule has 192 valence electrons. The highest BCUT2D eigenvalue weighted by molar-refractivity contribution is 7.80. The van der Waals surface area contributed by atoms with Crippen LogP contribution in [0.15, 0.2) is 73.1 Å². The average Bonchev–Trinajstić information content (AvgIpc) is 2.91. The molecule has 10 heteroatoms. The Morgan fingerprint density at radius 2 is 1.92 bits per heavy atom. The number of nitrogens with one attached hydrogen (secondary N) is 3. The largest absolute Gasteiger partial charge is 0.497 e. The van der Waals surface area contributed by atoms with Gasteiger partial charge in [-0.1, -0.05) is 6.07 Å². The second-order valence-electron chi connectivity index (χ2n) is 8.19. The molecule has 0 radical (unpaired) electrons. The van der Waals surface area contributed by atoms with Crippen molar-refractivity contribution in [3.8, 4) is 17.2 Å². The third-order valence-corrected chi connectivity index (χ3v) is 5.74. The second-order valence-corrected chi connectivity index (χ2v) is 8.60. The van der Waals surface area contributed by atoms with E-state index in [1.165, 1.54) is 0 Å². The van der Waals surface area contributed by atoms with Gasteiger partial charge in [-0.05, 0) is 80.7 Å². The standard InChI is InChI=1S/C27H28N4O5S/c1-4-34-25(32)17-35-21-11-12-24-22(14-21)23(15-27(2,36-24)18-6-5-13-28-16-18)30-31-26(37)29-19-7-9-20(33-3)10-8-19/h5-16,30H,4,17H2,1-3H3,(H2,29,31,37). The summed E-state index contributed by atoms with van der Waals surface area (Å²) >= 11 is 5.48. The third kappa shape index (κ3) is 6.47.